The van der Waals surface area contributed by atoms with Crippen LogP contribution in [0.2, 0.25) is 5.02 Å². The Hall–Kier alpha value is -6.56. The number of piperidine rings is 1. The maximum absolute atomic E-state index is 13.6. The van der Waals surface area contributed by atoms with Gasteiger partial charge in [-0.2, -0.15) is 18.3 Å². The fourth-order valence-corrected chi connectivity index (χ4v) is 6.85. The van der Waals surface area contributed by atoms with Gasteiger partial charge in [-0.1, -0.05) is 35.0 Å². The summed E-state index contributed by atoms with van der Waals surface area (Å²) in [4.78, 5) is 59.5. The van der Waals surface area contributed by atoms with Crippen molar-refractivity contribution >= 4 is 52.2 Å². The highest BCUT2D eigenvalue weighted by Gasteiger charge is 2.33. The van der Waals surface area contributed by atoms with Gasteiger partial charge in [-0.25, -0.2) is 19.9 Å². The van der Waals surface area contributed by atoms with Gasteiger partial charge in [0.1, 0.15) is 5.69 Å². The number of hydrogen-bond donors (Lipinski definition) is 2. The summed E-state index contributed by atoms with van der Waals surface area (Å²) in [6, 6.07) is 15.1. The molecule has 1 fully saturated rings. The van der Waals surface area contributed by atoms with Crippen LogP contribution < -0.4 is 26.9 Å². The van der Waals surface area contributed by atoms with E-state index in [0.717, 1.165) is 61.0 Å². The molecule has 3 aromatic carbocycles. The number of imidazole rings is 1. The Morgan fingerprint density at radius 1 is 0.965 bits per heavy atom. The Bertz CT molecular complexity index is 2660. The molecule has 57 heavy (non-hydrogen) atoms. The van der Waals surface area contributed by atoms with Crippen LogP contribution >= 0.6 is 11.6 Å². The molecule has 19 heteroatoms. The number of hydrogen-bond acceptors (Lipinski definition) is 9. The van der Waals surface area contributed by atoms with E-state index in [9.17, 15) is 32.3 Å². The molecule has 0 bridgehead atoms. The summed E-state index contributed by atoms with van der Waals surface area (Å²) in [6.45, 7) is 1.67. The minimum atomic E-state index is -4.67. The van der Waals surface area contributed by atoms with E-state index >= 15 is 0 Å². The first kappa shape index (κ1) is 38.7. The van der Waals surface area contributed by atoms with Gasteiger partial charge in [-0.3, -0.25) is 23.5 Å². The number of nitrogens with one attached hydrogen (secondary N) is 2. The third kappa shape index (κ3) is 8.35. The smallest absolute Gasteiger partial charge is 0.372 e. The van der Waals surface area contributed by atoms with Gasteiger partial charge in [0.05, 0.1) is 53.7 Å². The Kier molecular flexibility index (Phi) is 10.8. The minimum Gasteiger partial charge on any atom is -0.372 e. The van der Waals surface area contributed by atoms with Crippen LogP contribution in [0.4, 0.5) is 24.5 Å². The zero-order chi connectivity index (χ0) is 40.4. The molecule has 7 rings (SSSR count). The summed E-state index contributed by atoms with van der Waals surface area (Å²) in [7, 11) is 3.20. The largest absolute Gasteiger partial charge is 0.417 e. The zero-order valence-electron chi connectivity index (χ0n) is 30.6. The molecule has 6 aromatic rings. The van der Waals surface area contributed by atoms with Crippen LogP contribution in [0.15, 0.2) is 87.9 Å². The fraction of sp³-hybridized carbons (Fsp3) is 0.263. The average Bonchev–Trinajstić information content (AvgIpc) is 3.82. The normalized spacial score (nSPS) is 13.4. The fourth-order valence-electron chi connectivity index (χ4n) is 6.62. The number of amides is 2. The lowest BCUT2D eigenvalue weighted by atomic mass is 10.1. The molecule has 4 heterocycles. The highest BCUT2D eigenvalue weighted by Crippen LogP contribution is 2.35. The first-order valence-corrected chi connectivity index (χ1v) is 18.1. The molecular formula is C38H35ClF3N11O4. The van der Waals surface area contributed by atoms with Crippen molar-refractivity contribution in [2.75, 3.05) is 23.3 Å². The molecule has 0 aliphatic carbocycles. The number of alkyl halides is 3. The van der Waals surface area contributed by atoms with Crippen molar-refractivity contribution < 1.29 is 22.8 Å². The molecule has 0 atom stereocenters. The summed E-state index contributed by atoms with van der Waals surface area (Å²) in [5.41, 5.74) is 3.29. The molecule has 294 valence electrons. The van der Waals surface area contributed by atoms with Crippen LogP contribution in [0.25, 0.3) is 11.2 Å². The first-order chi connectivity index (χ1) is 27.3. The quantitative estimate of drug-likeness (QED) is 0.147. The molecule has 15 nitrogen and oxygen atoms in total. The van der Waals surface area contributed by atoms with Crippen LogP contribution in [-0.4, -0.2) is 64.8 Å². The van der Waals surface area contributed by atoms with E-state index in [1.54, 1.807) is 54.2 Å². The first-order valence-electron chi connectivity index (χ1n) is 17.8. The van der Waals surface area contributed by atoms with Crippen LogP contribution in [0, 0.1) is 0 Å². The van der Waals surface area contributed by atoms with Gasteiger partial charge in [0, 0.05) is 38.4 Å². The number of hydrazone groups is 1. The van der Waals surface area contributed by atoms with E-state index < -0.39 is 39.8 Å². The summed E-state index contributed by atoms with van der Waals surface area (Å²) in [5, 5.41) is 14.5. The number of aromatic nitrogens is 7. The van der Waals surface area contributed by atoms with Crippen LogP contribution in [0.5, 0.6) is 0 Å². The lowest BCUT2D eigenvalue weighted by molar-refractivity contribution is -0.137. The summed E-state index contributed by atoms with van der Waals surface area (Å²) >= 11 is 5.73. The van der Waals surface area contributed by atoms with Crippen molar-refractivity contribution in [1.82, 2.24) is 39.1 Å². The summed E-state index contributed by atoms with van der Waals surface area (Å²) in [6.07, 6.45) is 2.53. The number of carbonyl (C=O) groups excluding carboxylic acids is 2. The number of fused-ring (bicyclic) bond motifs is 1. The van der Waals surface area contributed by atoms with Gasteiger partial charge in [0.15, 0.2) is 11.2 Å². The second kappa shape index (κ2) is 15.9. The van der Waals surface area contributed by atoms with Gasteiger partial charge in [-0.15, -0.1) is 5.10 Å². The molecule has 0 radical (unpaired) electrons. The van der Waals surface area contributed by atoms with Crippen LogP contribution in [-0.2, 0) is 33.4 Å². The zero-order valence-corrected chi connectivity index (χ0v) is 31.4. The maximum Gasteiger partial charge on any atom is 0.417 e. The lowest BCUT2D eigenvalue weighted by Gasteiger charge is -2.29. The van der Waals surface area contributed by atoms with E-state index in [1.807, 2.05) is 6.07 Å². The van der Waals surface area contributed by atoms with Crippen molar-refractivity contribution in [3.63, 3.8) is 0 Å². The molecule has 0 unspecified atom stereocenters. The molecule has 1 saturated heterocycles. The van der Waals surface area contributed by atoms with E-state index in [4.69, 9.17) is 11.6 Å². The third-order valence-corrected chi connectivity index (χ3v) is 9.86. The lowest BCUT2D eigenvalue weighted by Crippen LogP contribution is -2.39. The summed E-state index contributed by atoms with van der Waals surface area (Å²) < 4.78 is 45.5. The minimum absolute atomic E-state index is 0.0634. The number of anilines is 2. The van der Waals surface area contributed by atoms with Crippen LogP contribution in [0.3, 0.4) is 0 Å². The van der Waals surface area contributed by atoms with E-state index in [-0.39, 0.29) is 46.6 Å². The number of benzene rings is 3. The third-order valence-electron chi connectivity index (χ3n) is 9.53. The second-order valence-corrected chi connectivity index (χ2v) is 13.9. The van der Waals surface area contributed by atoms with Crippen molar-refractivity contribution in [2.24, 2.45) is 19.2 Å². The van der Waals surface area contributed by atoms with Gasteiger partial charge in [0.2, 0.25) is 0 Å². The van der Waals surface area contributed by atoms with Gasteiger partial charge in [0.25, 0.3) is 17.4 Å². The van der Waals surface area contributed by atoms with Crippen LogP contribution in [0.1, 0.15) is 62.4 Å². The Morgan fingerprint density at radius 3 is 2.53 bits per heavy atom. The number of halogens is 4. The number of carbonyl (C=O) groups is 2. The van der Waals surface area contributed by atoms with E-state index in [2.05, 4.69) is 36.0 Å². The molecular weight excluding hydrogens is 767 g/mol. The molecule has 0 saturated carbocycles. The predicted molar refractivity (Wildman–Crippen MR) is 207 cm³/mol. The average molecular weight is 802 g/mol. The monoisotopic (exact) mass is 801 g/mol. The molecule has 2 amide bonds. The van der Waals surface area contributed by atoms with Gasteiger partial charge >= 0.3 is 11.9 Å². The van der Waals surface area contributed by atoms with Crippen molar-refractivity contribution in [2.45, 2.75) is 38.5 Å². The number of rotatable bonds is 10. The number of aryl methyl sites for hydroxylation is 2. The molecule has 2 N–H and O–H groups in total. The van der Waals surface area contributed by atoms with E-state index in [1.165, 1.54) is 28.7 Å². The Morgan fingerprint density at radius 2 is 1.75 bits per heavy atom. The highest BCUT2D eigenvalue weighted by molar-refractivity contribution is 6.31. The van der Waals surface area contributed by atoms with Crippen molar-refractivity contribution in [1.29, 1.82) is 0 Å². The second-order valence-electron chi connectivity index (χ2n) is 13.5. The van der Waals surface area contributed by atoms with Crippen molar-refractivity contribution in [3.8, 4) is 0 Å². The molecule has 3 aromatic heterocycles. The Balaban J connectivity index is 1.07. The predicted octanol–water partition coefficient (Wildman–Crippen LogP) is 4.80. The SMILES string of the molecule is Cn1cnc2c1c(=O)n(Cc1cn(Cc3cccc(C(=O)Nc4ccc(N5CCCCC5)cc4C(=O)NN=Cc4ccc(Cl)c(C(F)(F)F)c4)c3)nn1)c(=O)n2C. The standard InChI is InChI=1S/C38H35ClF3N11O4/c1-49-22-43-33-32(49)36(56)53(37(57)50(33)2)21-26-20-52(48-46-26)19-24-7-6-8-25(15-24)34(54)45-31-12-10-27(51-13-4-3-5-14-51)17-28(31)35(55)47-44-18-23-9-11-30(39)29(16-23)38(40,41)42/h6-12,15-18,20,22H,3-5,13-14,19,21H2,1-2H3,(H,45,54)(H,47,55). The van der Waals surface area contributed by atoms with E-state index in [0.29, 0.717) is 11.3 Å². The molecule has 1 aliphatic heterocycles. The highest BCUT2D eigenvalue weighted by atomic mass is 35.5. The molecule has 0 spiro atoms. The Labute approximate surface area is 327 Å². The maximum atomic E-state index is 13.6. The van der Waals surface area contributed by atoms with Crippen molar-refractivity contribution in [3.05, 3.63) is 133 Å². The summed E-state index contributed by atoms with van der Waals surface area (Å²) in [5.74, 6) is -1.21. The van der Waals surface area contributed by atoms with Gasteiger partial charge < -0.3 is 14.8 Å². The topological polar surface area (TPSA) is 166 Å². The number of nitrogens with zero attached hydrogens (tertiary/aromatic N) is 9. The van der Waals surface area contributed by atoms with Gasteiger partial charge in [-0.05, 0) is 72.9 Å². The molecule has 1 aliphatic rings.